The largest absolute Gasteiger partial charge is 0.461 e. The number of aliphatic hydroxyl groups is 1. The van der Waals surface area contributed by atoms with Gasteiger partial charge in [-0.2, -0.15) is 0 Å². The summed E-state index contributed by atoms with van der Waals surface area (Å²) in [6.07, 6.45) is 5.96. The minimum atomic E-state index is -1.17. The van der Waals surface area contributed by atoms with E-state index in [1.165, 1.54) is 6.08 Å². The van der Waals surface area contributed by atoms with Crippen molar-refractivity contribution in [1.29, 1.82) is 0 Å². The molecule has 8 heteroatoms. The van der Waals surface area contributed by atoms with Crippen molar-refractivity contribution in [3.63, 3.8) is 0 Å². The molecular formula is C35H44O8. The van der Waals surface area contributed by atoms with Gasteiger partial charge in [0, 0.05) is 53.1 Å². The van der Waals surface area contributed by atoms with E-state index in [1.807, 2.05) is 41.5 Å². The van der Waals surface area contributed by atoms with Gasteiger partial charge in [0.15, 0.2) is 5.78 Å². The van der Waals surface area contributed by atoms with Gasteiger partial charge in [-0.25, -0.2) is 4.79 Å². The number of esters is 3. The van der Waals surface area contributed by atoms with Gasteiger partial charge in [-0.3, -0.25) is 14.4 Å². The fourth-order valence-corrected chi connectivity index (χ4v) is 11.2. The first-order valence-corrected chi connectivity index (χ1v) is 16.0. The minimum absolute atomic E-state index is 0.0326. The van der Waals surface area contributed by atoms with Gasteiger partial charge < -0.3 is 19.3 Å². The Bertz CT molecular complexity index is 1430. The standard InChI is InChI=1S/C35H44O8/c1-16(2)12-23(37)41-22-14-18(4)24-21(36)13-17(3)25(24)28-26(22)35(31(39)43-28)15-34-11-10-32(35,6)29(34)27-20(8-9-33(34,7)40)19(5)30(38)42-27/h10-12,17,19-20,22,25-29,40H,8-9,13-15H2,1-7H3/t17?,19?,20-,22-,25-,26+,27-,28+,29-,32-,33+,34?,35?/m0/s1. The zero-order chi connectivity index (χ0) is 31.0. The Balaban J connectivity index is 1.43. The molecule has 2 aliphatic heterocycles. The molecule has 5 fully saturated rings. The van der Waals surface area contributed by atoms with E-state index < -0.39 is 52.0 Å². The zero-order valence-corrected chi connectivity index (χ0v) is 26.3. The van der Waals surface area contributed by atoms with E-state index in [-0.39, 0.29) is 47.3 Å². The lowest BCUT2D eigenvalue weighted by Gasteiger charge is -2.46. The lowest BCUT2D eigenvalue weighted by molar-refractivity contribution is -0.159. The summed E-state index contributed by atoms with van der Waals surface area (Å²) in [6, 6.07) is 0. The van der Waals surface area contributed by atoms with Crippen molar-refractivity contribution in [1.82, 2.24) is 0 Å². The fourth-order valence-electron chi connectivity index (χ4n) is 11.2. The predicted molar refractivity (Wildman–Crippen MR) is 155 cm³/mol. The highest BCUT2D eigenvalue weighted by Gasteiger charge is 2.84. The molecule has 0 aromatic carbocycles. The first-order chi connectivity index (χ1) is 20.1. The maximum atomic E-state index is 14.7. The zero-order valence-electron chi connectivity index (χ0n) is 26.3. The SMILES string of the molecule is CC(C)=CC(=O)O[C@H]1CC(C)=C2C(=O)CC(C)[C@@H]2[C@H]2OC(=O)C3(CC45C=C[C@@]3(C)[C@@H]4[C@H]3OC(=O)C(C)[C@@H]3CC[C@@]5(C)O)[C@@H]21. The van der Waals surface area contributed by atoms with Crippen LogP contribution in [-0.4, -0.2) is 52.7 Å². The molecule has 2 heterocycles. The summed E-state index contributed by atoms with van der Waals surface area (Å²) in [5.41, 5.74) is -1.61. The number of rotatable bonds is 2. The molecule has 3 saturated carbocycles. The van der Waals surface area contributed by atoms with E-state index in [1.54, 1.807) is 0 Å². The van der Waals surface area contributed by atoms with Crippen molar-refractivity contribution in [2.45, 2.75) is 104 Å². The normalized spacial score (nSPS) is 50.9. The van der Waals surface area contributed by atoms with Crippen LogP contribution in [0.3, 0.4) is 0 Å². The number of allylic oxidation sites excluding steroid dienone is 2. The summed E-state index contributed by atoms with van der Waals surface area (Å²) in [5.74, 6) is -2.60. The third-order valence-electron chi connectivity index (χ3n) is 13.1. The number of ketones is 1. The van der Waals surface area contributed by atoms with Crippen molar-refractivity contribution < 1.29 is 38.5 Å². The van der Waals surface area contributed by atoms with E-state index in [0.29, 0.717) is 32.1 Å². The molecule has 232 valence electrons. The molecule has 43 heavy (non-hydrogen) atoms. The number of carbonyl (C=O) groups is 4. The molecule has 7 rings (SSSR count). The van der Waals surface area contributed by atoms with Crippen LogP contribution in [-0.2, 0) is 33.4 Å². The fraction of sp³-hybridized carbons (Fsp3) is 0.714. The smallest absolute Gasteiger partial charge is 0.330 e. The molecule has 7 aliphatic rings. The molecule has 4 unspecified atom stereocenters. The van der Waals surface area contributed by atoms with Crippen LogP contribution in [0.2, 0.25) is 0 Å². The lowest BCUT2D eigenvalue weighted by Crippen LogP contribution is -2.53. The van der Waals surface area contributed by atoms with E-state index >= 15 is 0 Å². The number of hydrogen-bond donors (Lipinski definition) is 1. The highest BCUT2D eigenvalue weighted by Crippen LogP contribution is 2.80. The summed E-state index contributed by atoms with van der Waals surface area (Å²) in [5, 5.41) is 12.3. The molecule has 8 nitrogen and oxygen atoms in total. The number of fused-ring (bicyclic) bond motifs is 6. The second-order valence-electron chi connectivity index (χ2n) is 15.6. The van der Waals surface area contributed by atoms with Crippen molar-refractivity contribution in [2.24, 2.45) is 51.8 Å². The Hall–Kier alpha value is -2.74. The van der Waals surface area contributed by atoms with Gasteiger partial charge in [-0.1, -0.05) is 44.1 Å². The van der Waals surface area contributed by atoms with Gasteiger partial charge in [0.2, 0.25) is 0 Å². The van der Waals surface area contributed by atoms with Gasteiger partial charge >= 0.3 is 17.9 Å². The van der Waals surface area contributed by atoms with Crippen molar-refractivity contribution in [2.75, 3.05) is 0 Å². The Morgan fingerprint density at radius 3 is 2.49 bits per heavy atom. The Morgan fingerprint density at radius 1 is 1.07 bits per heavy atom. The van der Waals surface area contributed by atoms with Crippen molar-refractivity contribution >= 4 is 23.7 Å². The quantitative estimate of drug-likeness (QED) is 0.213. The van der Waals surface area contributed by atoms with Gasteiger partial charge in [-0.05, 0) is 52.9 Å². The molecular weight excluding hydrogens is 548 g/mol. The maximum Gasteiger partial charge on any atom is 0.330 e. The molecule has 1 N–H and O–H groups in total. The lowest BCUT2D eigenvalue weighted by atomic mass is 9.54. The van der Waals surface area contributed by atoms with E-state index in [0.717, 1.165) is 16.7 Å². The first kappa shape index (κ1) is 29.0. The third-order valence-corrected chi connectivity index (χ3v) is 13.1. The molecule has 1 spiro atoms. The van der Waals surface area contributed by atoms with Crippen LogP contribution < -0.4 is 0 Å². The predicted octanol–water partition coefficient (Wildman–Crippen LogP) is 4.64. The Morgan fingerprint density at radius 2 is 1.79 bits per heavy atom. The van der Waals surface area contributed by atoms with Crippen LogP contribution in [0.25, 0.3) is 0 Å². The maximum absolute atomic E-state index is 14.7. The van der Waals surface area contributed by atoms with Gasteiger partial charge in [0.05, 0.1) is 22.9 Å². The van der Waals surface area contributed by atoms with Gasteiger partial charge in [0.25, 0.3) is 0 Å². The summed E-state index contributed by atoms with van der Waals surface area (Å²) in [7, 11) is 0. The molecule has 5 aliphatic carbocycles. The van der Waals surface area contributed by atoms with Crippen LogP contribution in [0.4, 0.5) is 0 Å². The summed E-state index contributed by atoms with van der Waals surface area (Å²) >= 11 is 0. The van der Waals surface area contributed by atoms with Gasteiger partial charge in [-0.15, -0.1) is 0 Å². The van der Waals surface area contributed by atoms with Crippen LogP contribution in [0, 0.1) is 51.8 Å². The highest BCUT2D eigenvalue weighted by atomic mass is 16.6. The van der Waals surface area contributed by atoms with Crippen LogP contribution in [0.1, 0.15) is 80.6 Å². The number of ether oxygens (including phenoxy) is 3. The summed E-state index contributed by atoms with van der Waals surface area (Å²) < 4.78 is 18.9. The van der Waals surface area contributed by atoms with Crippen LogP contribution >= 0.6 is 0 Å². The number of carbonyl (C=O) groups excluding carboxylic acids is 4. The minimum Gasteiger partial charge on any atom is -0.461 e. The topological polar surface area (TPSA) is 116 Å². The van der Waals surface area contributed by atoms with Crippen molar-refractivity contribution in [3.05, 3.63) is 34.9 Å². The average Bonchev–Trinajstić information content (AvgIpc) is 3.57. The van der Waals surface area contributed by atoms with Crippen molar-refractivity contribution in [3.8, 4) is 0 Å². The third kappa shape index (κ3) is 3.42. The second-order valence-corrected chi connectivity index (χ2v) is 15.6. The molecule has 0 aromatic rings. The van der Waals surface area contributed by atoms with Gasteiger partial charge in [0.1, 0.15) is 18.3 Å². The molecule has 0 radical (unpaired) electrons. The Kier molecular flexibility index (Phi) is 6.02. The highest BCUT2D eigenvalue weighted by molar-refractivity contribution is 6.00. The second kappa shape index (κ2) is 8.92. The molecule has 13 atom stereocenters. The molecule has 0 aromatic heterocycles. The van der Waals surface area contributed by atoms with E-state index in [4.69, 9.17) is 14.2 Å². The van der Waals surface area contributed by atoms with Crippen LogP contribution in [0.15, 0.2) is 34.9 Å². The Labute approximate surface area is 253 Å². The summed E-state index contributed by atoms with van der Waals surface area (Å²) in [6.45, 7) is 13.5. The molecule has 2 bridgehead atoms. The van der Waals surface area contributed by atoms with E-state index in [9.17, 15) is 24.3 Å². The number of Topliss-reactive ketones (excluding diaryl/α,β-unsaturated/α-hetero) is 1. The van der Waals surface area contributed by atoms with Crippen LogP contribution in [0.5, 0.6) is 0 Å². The number of hydrogen-bond acceptors (Lipinski definition) is 8. The molecule has 2 saturated heterocycles. The monoisotopic (exact) mass is 592 g/mol. The molecule has 0 amide bonds. The van der Waals surface area contributed by atoms with E-state index in [2.05, 4.69) is 19.1 Å². The average molecular weight is 593 g/mol. The summed E-state index contributed by atoms with van der Waals surface area (Å²) in [4.78, 5) is 54.2. The first-order valence-electron chi connectivity index (χ1n) is 16.0.